The van der Waals surface area contributed by atoms with E-state index in [-0.39, 0.29) is 38.3 Å². The van der Waals surface area contributed by atoms with Gasteiger partial charge < -0.3 is 52.5 Å². The molecule has 13 heteroatoms. The number of aliphatic hydroxyl groups is 1. The van der Waals surface area contributed by atoms with Gasteiger partial charge in [-0.25, -0.2) is 0 Å². The van der Waals surface area contributed by atoms with Crippen molar-refractivity contribution < 1.29 is 62.1 Å². The SMILES string of the molecule is Cc1c(C)c2c(c(C)c1OC(=O)CCC(=O)OCCOCCOCCOCCOCCOCCOCCOCCO)CCC(C)(CCCC(C)CCCC(C)CCCC(C)C)O2. The highest BCUT2D eigenvalue weighted by Gasteiger charge is 2.35. The summed E-state index contributed by atoms with van der Waals surface area (Å²) in [5.74, 6) is 2.94. The zero-order chi connectivity index (χ0) is 45.4. The number of esters is 2. The maximum atomic E-state index is 12.9. The lowest BCUT2D eigenvalue weighted by Gasteiger charge is -2.38. The normalized spacial score (nSPS) is 16.0. The summed E-state index contributed by atoms with van der Waals surface area (Å²) < 4.78 is 55.7. The Morgan fingerprint density at radius 3 is 1.50 bits per heavy atom. The van der Waals surface area contributed by atoms with Gasteiger partial charge in [0.2, 0.25) is 0 Å². The highest BCUT2D eigenvalue weighted by Crippen LogP contribution is 2.45. The van der Waals surface area contributed by atoms with E-state index in [0.717, 1.165) is 71.4 Å². The second-order valence-corrected chi connectivity index (χ2v) is 17.6. The molecule has 13 nitrogen and oxygen atoms in total. The maximum absolute atomic E-state index is 12.9. The maximum Gasteiger partial charge on any atom is 0.311 e. The number of rotatable bonds is 39. The first-order valence-corrected chi connectivity index (χ1v) is 23.7. The predicted molar refractivity (Wildman–Crippen MR) is 241 cm³/mol. The average molecular weight is 883 g/mol. The van der Waals surface area contributed by atoms with Gasteiger partial charge in [-0.2, -0.15) is 0 Å². The Labute approximate surface area is 374 Å². The summed E-state index contributed by atoms with van der Waals surface area (Å²) in [6.07, 6.45) is 13.1. The van der Waals surface area contributed by atoms with Crippen molar-refractivity contribution in [2.24, 2.45) is 17.8 Å². The molecule has 0 amide bonds. The third-order valence-electron chi connectivity index (χ3n) is 11.5. The van der Waals surface area contributed by atoms with Gasteiger partial charge in [-0.15, -0.1) is 0 Å². The van der Waals surface area contributed by atoms with Gasteiger partial charge in [0, 0.05) is 5.56 Å². The summed E-state index contributed by atoms with van der Waals surface area (Å²) in [7, 11) is 0. The lowest BCUT2D eigenvalue weighted by Crippen LogP contribution is -2.37. The van der Waals surface area contributed by atoms with Gasteiger partial charge in [0.15, 0.2) is 0 Å². The van der Waals surface area contributed by atoms with Crippen molar-refractivity contribution in [3.05, 3.63) is 22.3 Å². The van der Waals surface area contributed by atoms with Crippen molar-refractivity contribution in [1.29, 1.82) is 0 Å². The highest BCUT2D eigenvalue weighted by molar-refractivity contribution is 5.80. The summed E-state index contributed by atoms with van der Waals surface area (Å²) in [6.45, 7) is 23.8. The van der Waals surface area contributed by atoms with Crippen molar-refractivity contribution in [1.82, 2.24) is 0 Å². The molecule has 3 atom stereocenters. The first kappa shape index (κ1) is 55.8. The number of carbonyl (C=O) groups is 2. The fraction of sp³-hybridized carbons (Fsp3) is 0.837. The minimum atomic E-state index is -0.475. The fourth-order valence-electron chi connectivity index (χ4n) is 7.55. The van der Waals surface area contributed by atoms with Crippen molar-refractivity contribution >= 4 is 11.9 Å². The van der Waals surface area contributed by atoms with Gasteiger partial charge in [0.1, 0.15) is 23.7 Å². The summed E-state index contributed by atoms with van der Waals surface area (Å²) in [5.41, 5.74) is 3.73. The summed E-state index contributed by atoms with van der Waals surface area (Å²) in [4.78, 5) is 25.2. The second kappa shape index (κ2) is 34.1. The van der Waals surface area contributed by atoms with Crippen LogP contribution >= 0.6 is 0 Å². The molecule has 62 heavy (non-hydrogen) atoms. The van der Waals surface area contributed by atoms with E-state index in [1.54, 1.807) is 0 Å². The molecular formula is C49H86O13. The molecule has 1 N–H and O–H groups in total. The third kappa shape index (κ3) is 25.2. The lowest BCUT2D eigenvalue weighted by atomic mass is 9.83. The van der Waals surface area contributed by atoms with Gasteiger partial charge in [0.05, 0.1) is 112 Å². The molecule has 0 fully saturated rings. The van der Waals surface area contributed by atoms with Crippen LogP contribution in [0.5, 0.6) is 11.5 Å². The van der Waals surface area contributed by atoms with E-state index in [9.17, 15) is 9.59 Å². The molecule has 1 aliphatic rings. The van der Waals surface area contributed by atoms with E-state index in [0.29, 0.717) is 91.6 Å². The van der Waals surface area contributed by atoms with E-state index in [4.69, 9.17) is 52.5 Å². The quantitative estimate of drug-likeness (QED) is 0.0384. The largest absolute Gasteiger partial charge is 0.487 e. The molecule has 1 aromatic rings. The molecule has 2 rings (SSSR count). The first-order chi connectivity index (χ1) is 29.9. The van der Waals surface area contributed by atoms with E-state index < -0.39 is 11.9 Å². The first-order valence-electron chi connectivity index (χ1n) is 23.7. The molecule has 360 valence electrons. The fourth-order valence-corrected chi connectivity index (χ4v) is 7.55. The number of hydrogen-bond donors (Lipinski definition) is 1. The van der Waals surface area contributed by atoms with Gasteiger partial charge in [-0.05, 0) is 87.8 Å². The minimum absolute atomic E-state index is 0.0130. The average Bonchev–Trinajstić information content (AvgIpc) is 3.23. The van der Waals surface area contributed by atoms with Crippen LogP contribution in [0.2, 0.25) is 0 Å². The molecule has 1 heterocycles. The van der Waals surface area contributed by atoms with Crippen LogP contribution in [0.25, 0.3) is 0 Å². The summed E-state index contributed by atoms with van der Waals surface area (Å²) >= 11 is 0. The van der Waals surface area contributed by atoms with Crippen LogP contribution in [-0.2, 0) is 53.9 Å². The molecule has 0 spiro atoms. The van der Waals surface area contributed by atoms with E-state index in [1.165, 1.54) is 44.9 Å². The highest BCUT2D eigenvalue weighted by atomic mass is 16.6. The Morgan fingerprint density at radius 1 is 0.581 bits per heavy atom. The zero-order valence-electron chi connectivity index (χ0n) is 40.1. The Morgan fingerprint density at radius 2 is 1.02 bits per heavy atom. The third-order valence-corrected chi connectivity index (χ3v) is 11.5. The van der Waals surface area contributed by atoms with Crippen molar-refractivity contribution in [3.8, 4) is 11.5 Å². The second-order valence-electron chi connectivity index (χ2n) is 17.6. The van der Waals surface area contributed by atoms with Crippen LogP contribution in [0.15, 0.2) is 0 Å². The minimum Gasteiger partial charge on any atom is -0.487 e. The molecule has 3 unspecified atom stereocenters. The molecule has 0 saturated heterocycles. The Bertz CT molecular complexity index is 1340. The Hall–Kier alpha value is -2.36. The number of aliphatic hydroxyl groups excluding tert-OH is 1. The number of carbonyl (C=O) groups excluding carboxylic acids is 2. The molecule has 0 radical (unpaired) electrons. The topological polar surface area (TPSA) is 147 Å². The Kier molecular flexibility index (Phi) is 30.6. The van der Waals surface area contributed by atoms with Crippen molar-refractivity contribution in [2.75, 3.05) is 106 Å². The molecule has 1 aromatic carbocycles. The molecule has 0 saturated carbocycles. The monoisotopic (exact) mass is 883 g/mol. The Balaban J connectivity index is 1.52. The van der Waals surface area contributed by atoms with Crippen molar-refractivity contribution in [2.45, 2.75) is 144 Å². The molecule has 1 aliphatic heterocycles. The number of benzene rings is 1. The number of fused-ring (bicyclic) bond motifs is 1. The van der Waals surface area contributed by atoms with Gasteiger partial charge in [-0.3, -0.25) is 9.59 Å². The van der Waals surface area contributed by atoms with E-state index in [2.05, 4.69) is 34.6 Å². The van der Waals surface area contributed by atoms with Crippen LogP contribution in [0, 0.1) is 38.5 Å². The molecule has 0 bridgehead atoms. The summed E-state index contributed by atoms with van der Waals surface area (Å²) in [6, 6.07) is 0. The van der Waals surface area contributed by atoms with Gasteiger partial charge in [-0.1, -0.05) is 72.6 Å². The molecule has 0 aromatic heterocycles. The van der Waals surface area contributed by atoms with Crippen LogP contribution in [-0.4, -0.2) is 128 Å². The summed E-state index contributed by atoms with van der Waals surface area (Å²) in [5, 5.41) is 8.62. The van der Waals surface area contributed by atoms with Crippen LogP contribution in [0.1, 0.15) is 134 Å². The smallest absolute Gasteiger partial charge is 0.311 e. The van der Waals surface area contributed by atoms with Gasteiger partial charge in [0.25, 0.3) is 0 Å². The predicted octanol–water partition coefficient (Wildman–Crippen LogP) is 8.47. The number of hydrogen-bond acceptors (Lipinski definition) is 13. The van der Waals surface area contributed by atoms with E-state index >= 15 is 0 Å². The van der Waals surface area contributed by atoms with Crippen LogP contribution in [0.3, 0.4) is 0 Å². The standard InChI is InChI=1S/C49H86O13/c1-38(2)12-9-13-39(3)14-10-15-40(4)16-11-20-49(8)21-19-44-43(7)47(41(5)42(6)48(44)62-49)61-46(52)18-17-45(51)60-37-36-59-35-34-58-33-32-57-31-30-56-29-28-55-27-26-54-25-24-53-23-22-50/h38-40,50H,9-37H2,1-8H3. The van der Waals surface area contributed by atoms with Crippen LogP contribution < -0.4 is 9.47 Å². The zero-order valence-corrected chi connectivity index (χ0v) is 40.1. The van der Waals surface area contributed by atoms with Gasteiger partial charge >= 0.3 is 11.9 Å². The molecular weight excluding hydrogens is 797 g/mol. The van der Waals surface area contributed by atoms with Crippen molar-refractivity contribution in [3.63, 3.8) is 0 Å². The molecule has 0 aliphatic carbocycles. The number of ether oxygens (including phenoxy) is 10. The lowest BCUT2D eigenvalue weighted by molar-refractivity contribution is -0.148. The van der Waals surface area contributed by atoms with Crippen LogP contribution in [0.4, 0.5) is 0 Å². The van der Waals surface area contributed by atoms with E-state index in [1.807, 2.05) is 20.8 Å².